The Hall–Kier alpha value is -1.10. The molecular formula is C32H62O5. The summed E-state index contributed by atoms with van der Waals surface area (Å²) in [6.07, 6.45) is 23.6. The van der Waals surface area contributed by atoms with Crippen LogP contribution in [0.2, 0.25) is 0 Å². The Balaban J connectivity index is 4.00. The number of rotatable bonds is 27. The molecule has 3 atom stereocenters. The number of carbonyl (C=O) groups is 2. The molecule has 0 aromatic rings. The van der Waals surface area contributed by atoms with Crippen molar-refractivity contribution in [1.29, 1.82) is 0 Å². The Kier molecular flexibility index (Phi) is 25.7. The Morgan fingerprint density at radius 1 is 0.541 bits per heavy atom. The molecule has 3 unspecified atom stereocenters. The van der Waals surface area contributed by atoms with Gasteiger partial charge in [-0.2, -0.15) is 0 Å². The number of unbranched alkanes of at least 4 members (excludes halogenated alkanes) is 16. The van der Waals surface area contributed by atoms with E-state index in [2.05, 4.69) is 13.8 Å². The van der Waals surface area contributed by atoms with Gasteiger partial charge in [0.05, 0.1) is 6.42 Å². The van der Waals surface area contributed by atoms with Gasteiger partial charge in [0, 0.05) is 0 Å². The Morgan fingerprint density at radius 2 is 0.892 bits per heavy atom. The molecule has 5 nitrogen and oxygen atoms in total. The molecule has 5 heteroatoms. The zero-order chi connectivity index (χ0) is 27.6. The fourth-order valence-electron chi connectivity index (χ4n) is 4.78. The molecule has 0 aromatic heterocycles. The van der Waals surface area contributed by atoms with Gasteiger partial charge in [-0.1, -0.05) is 130 Å². The van der Waals surface area contributed by atoms with Crippen molar-refractivity contribution in [3.8, 4) is 0 Å². The fourth-order valence-corrected chi connectivity index (χ4v) is 4.78. The summed E-state index contributed by atoms with van der Waals surface area (Å²) in [5.74, 6) is -1.22. The van der Waals surface area contributed by atoms with Crippen LogP contribution >= 0.6 is 0 Å². The molecule has 0 aliphatic carbocycles. The SMILES string of the molecule is CCCCCCCCCCCC(CC)OC(=O)CC(O)C(=O)OC(CC)CCCCCCCCCCC. The van der Waals surface area contributed by atoms with Gasteiger partial charge in [-0.05, 0) is 38.5 Å². The van der Waals surface area contributed by atoms with Crippen LogP contribution in [0.1, 0.15) is 175 Å². The normalized spacial score (nSPS) is 13.8. The highest BCUT2D eigenvalue weighted by Crippen LogP contribution is 2.17. The summed E-state index contributed by atoms with van der Waals surface area (Å²) in [7, 11) is 0. The molecule has 37 heavy (non-hydrogen) atoms. The minimum Gasteiger partial charge on any atom is -0.462 e. The van der Waals surface area contributed by atoms with E-state index in [4.69, 9.17) is 9.47 Å². The topological polar surface area (TPSA) is 72.8 Å². The number of hydrogen-bond donors (Lipinski definition) is 1. The van der Waals surface area contributed by atoms with Gasteiger partial charge in [-0.25, -0.2) is 4.79 Å². The van der Waals surface area contributed by atoms with E-state index in [1.807, 2.05) is 13.8 Å². The highest BCUT2D eigenvalue weighted by Gasteiger charge is 2.25. The standard InChI is InChI=1S/C32H62O5/c1-5-9-11-13-15-17-19-21-23-25-28(7-3)36-31(34)27-30(33)32(35)37-29(8-4)26-24-22-20-18-16-14-12-10-6-2/h28-30,33H,5-27H2,1-4H3. The Bertz CT molecular complexity index is 521. The minimum absolute atomic E-state index is 0.143. The number of ether oxygens (including phenoxy) is 2. The maximum atomic E-state index is 12.3. The third-order valence-electron chi connectivity index (χ3n) is 7.38. The van der Waals surface area contributed by atoms with Crippen molar-refractivity contribution in [2.24, 2.45) is 0 Å². The van der Waals surface area contributed by atoms with E-state index in [1.165, 1.54) is 89.9 Å². The van der Waals surface area contributed by atoms with Crippen LogP contribution in [-0.2, 0) is 19.1 Å². The molecule has 220 valence electrons. The number of aliphatic hydroxyl groups excluding tert-OH is 1. The summed E-state index contributed by atoms with van der Waals surface area (Å²) in [6.45, 7) is 8.48. The molecule has 0 fully saturated rings. The van der Waals surface area contributed by atoms with Gasteiger partial charge in [-0.15, -0.1) is 0 Å². The lowest BCUT2D eigenvalue weighted by molar-refractivity contribution is -0.166. The fraction of sp³-hybridized carbons (Fsp3) is 0.938. The predicted molar refractivity (Wildman–Crippen MR) is 155 cm³/mol. The first kappa shape index (κ1) is 35.9. The molecule has 0 radical (unpaired) electrons. The number of hydrogen-bond acceptors (Lipinski definition) is 5. The molecule has 0 heterocycles. The lowest BCUT2D eigenvalue weighted by Crippen LogP contribution is -2.31. The third-order valence-corrected chi connectivity index (χ3v) is 7.38. The van der Waals surface area contributed by atoms with Crippen LogP contribution in [0.4, 0.5) is 0 Å². The van der Waals surface area contributed by atoms with E-state index in [9.17, 15) is 14.7 Å². The van der Waals surface area contributed by atoms with Crippen LogP contribution < -0.4 is 0 Å². The van der Waals surface area contributed by atoms with Gasteiger partial charge < -0.3 is 14.6 Å². The maximum Gasteiger partial charge on any atom is 0.335 e. The quantitative estimate of drug-likeness (QED) is 0.0853. The number of esters is 2. The minimum atomic E-state index is -1.45. The van der Waals surface area contributed by atoms with Crippen LogP contribution in [0.25, 0.3) is 0 Å². The van der Waals surface area contributed by atoms with E-state index in [0.29, 0.717) is 0 Å². The second-order valence-electron chi connectivity index (χ2n) is 10.9. The second kappa shape index (κ2) is 26.5. The van der Waals surface area contributed by atoms with Crippen molar-refractivity contribution in [2.75, 3.05) is 0 Å². The van der Waals surface area contributed by atoms with Crippen molar-refractivity contribution in [3.05, 3.63) is 0 Å². The smallest absolute Gasteiger partial charge is 0.335 e. The average molecular weight is 527 g/mol. The summed E-state index contributed by atoms with van der Waals surface area (Å²) in [4.78, 5) is 24.6. The van der Waals surface area contributed by atoms with E-state index in [1.54, 1.807) is 0 Å². The third kappa shape index (κ3) is 22.6. The Morgan fingerprint density at radius 3 is 1.27 bits per heavy atom. The van der Waals surface area contributed by atoms with Crippen molar-refractivity contribution >= 4 is 11.9 Å². The van der Waals surface area contributed by atoms with Crippen LogP contribution in [0.3, 0.4) is 0 Å². The highest BCUT2D eigenvalue weighted by molar-refractivity contribution is 5.81. The zero-order valence-corrected chi connectivity index (χ0v) is 25.1. The van der Waals surface area contributed by atoms with Crippen LogP contribution in [-0.4, -0.2) is 35.4 Å². The molecule has 0 rings (SSSR count). The van der Waals surface area contributed by atoms with Gasteiger partial charge in [0.15, 0.2) is 6.10 Å². The lowest BCUT2D eigenvalue weighted by Gasteiger charge is -2.20. The van der Waals surface area contributed by atoms with E-state index < -0.39 is 18.0 Å². The van der Waals surface area contributed by atoms with Gasteiger partial charge in [0.2, 0.25) is 0 Å². The number of aliphatic hydroxyl groups is 1. The molecule has 0 saturated heterocycles. The molecule has 0 aliphatic rings. The van der Waals surface area contributed by atoms with E-state index in [0.717, 1.165) is 51.4 Å². The first-order valence-electron chi connectivity index (χ1n) is 16.1. The molecular weight excluding hydrogens is 464 g/mol. The van der Waals surface area contributed by atoms with Crippen LogP contribution in [0.15, 0.2) is 0 Å². The summed E-state index contributed by atoms with van der Waals surface area (Å²) >= 11 is 0. The summed E-state index contributed by atoms with van der Waals surface area (Å²) in [6, 6.07) is 0. The highest BCUT2D eigenvalue weighted by atomic mass is 16.6. The number of carbonyl (C=O) groups excluding carboxylic acids is 2. The summed E-state index contributed by atoms with van der Waals surface area (Å²) < 4.78 is 11.1. The van der Waals surface area contributed by atoms with Gasteiger partial charge in [-0.3, -0.25) is 4.79 Å². The zero-order valence-electron chi connectivity index (χ0n) is 25.1. The average Bonchev–Trinajstić information content (AvgIpc) is 2.89. The van der Waals surface area contributed by atoms with Gasteiger partial charge in [0.1, 0.15) is 12.2 Å². The van der Waals surface area contributed by atoms with E-state index >= 15 is 0 Å². The maximum absolute atomic E-state index is 12.3. The van der Waals surface area contributed by atoms with Crippen molar-refractivity contribution in [2.45, 2.75) is 194 Å². The first-order valence-corrected chi connectivity index (χ1v) is 16.1. The molecule has 0 spiro atoms. The van der Waals surface area contributed by atoms with Gasteiger partial charge >= 0.3 is 11.9 Å². The molecule has 0 saturated carbocycles. The van der Waals surface area contributed by atoms with Crippen LogP contribution in [0.5, 0.6) is 0 Å². The molecule has 1 N–H and O–H groups in total. The van der Waals surface area contributed by atoms with Crippen LogP contribution in [0, 0.1) is 0 Å². The summed E-state index contributed by atoms with van der Waals surface area (Å²) in [5, 5.41) is 10.2. The summed E-state index contributed by atoms with van der Waals surface area (Å²) in [5.41, 5.74) is 0. The molecule has 0 amide bonds. The van der Waals surface area contributed by atoms with Crippen molar-refractivity contribution in [3.63, 3.8) is 0 Å². The Labute approximate surface area is 229 Å². The van der Waals surface area contributed by atoms with E-state index in [-0.39, 0.29) is 18.6 Å². The molecule has 0 aliphatic heterocycles. The van der Waals surface area contributed by atoms with Crippen molar-refractivity contribution in [1.82, 2.24) is 0 Å². The molecule has 0 aromatic carbocycles. The van der Waals surface area contributed by atoms with Crippen molar-refractivity contribution < 1.29 is 24.2 Å². The lowest BCUT2D eigenvalue weighted by atomic mass is 10.0. The largest absolute Gasteiger partial charge is 0.462 e. The monoisotopic (exact) mass is 526 g/mol. The molecule has 0 bridgehead atoms. The predicted octanol–water partition coefficient (Wildman–Crippen LogP) is 9.22. The first-order chi connectivity index (χ1) is 18.0. The second-order valence-corrected chi connectivity index (χ2v) is 10.9. The van der Waals surface area contributed by atoms with Gasteiger partial charge in [0.25, 0.3) is 0 Å².